The van der Waals surface area contributed by atoms with Gasteiger partial charge < -0.3 is 10.1 Å². The number of methoxy groups -OCH3 is 1. The third-order valence-electron chi connectivity index (χ3n) is 3.81. The van der Waals surface area contributed by atoms with Crippen molar-refractivity contribution in [1.29, 1.82) is 0 Å². The van der Waals surface area contributed by atoms with Crippen LogP contribution in [-0.2, 0) is 6.54 Å². The summed E-state index contributed by atoms with van der Waals surface area (Å²) in [5.41, 5.74) is 1.66. The number of nitrogens with one attached hydrogen (secondary N) is 1. The first kappa shape index (κ1) is 17.6. The van der Waals surface area contributed by atoms with Gasteiger partial charge in [0.2, 0.25) is 11.8 Å². The van der Waals surface area contributed by atoms with E-state index < -0.39 is 0 Å². The van der Waals surface area contributed by atoms with Crippen LogP contribution in [-0.4, -0.2) is 32.8 Å². The summed E-state index contributed by atoms with van der Waals surface area (Å²) in [7, 11) is 1.63. The Morgan fingerprint density at radius 2 is 1.96 bits per heavy atom. The zero-order valence-electron chi connectivity index (χ0n) is 15.0. The number of carbonyl (C=O) groups is 1. The number of ether oxygens (including phenoxy) is 1. The molecule has 2 aromatic heterocycles. The van der Waals surface area contributed by atoms with Crippen LogP contribution in [0.2, 0.25) is 0 Å². The number of benzene rings is 1. The molecule has 134 valence electrons. The molecular formula is C19H21N5O2. The third-order valence-corrected chi connectivity index (χ3v) is 3.81. The lowest BCUT2D eigenvalue weighted by molar-refractivity contribution is 0.0841. The van der Waals surface area contributed by atoms with E-state index >= 15 is 0 Å². The average molecular weight is 351 g/mol. The van der Waals surface area contributed by atoms with E-state index in [1.54, 1.807) is 13.3 Å². The van der Waals surface area contributed by atoms with Gasteiger partial charge in [0.05, 0.1) is 7.11 Å². The lowest BCUT2D eigenvalue weighted by Gasteiger charge is -2.09. The Morgan fingerprint density at radius 1 is 1.19 bits per heavy atom. The molecule has 0 amide bonds. The van der Waals surface area contributed by atoms with Crippen molar-refractivity contribution in [3.63, 3.8) is 0 Å². The number of carbonyl (C=O) groups excluding carboxylic acids is 1. The van der Waals surface area contributed by atoms with Crippen molar-refractivity contribution in [2.75, 3.05) is 12.4 Å². The highest BCUT2D eigenvalue weighted by Gasteiger charge is 2.19. The number of nitrogens with zero attached hydrogens (tertiary/aromatic N) is 4. The van der Waals surface area contributed by atoms with Crippen LogP contribution < -0.4 is 10.1 Å². The van der Waals surface area contributed by atoms with E-state index in [1.165, 1.54) is 4.68 Å². The van der Waals surface area contributed by atoms with Crippen LogP contribution >= 0.6 is 0 Å². The summed E-state index contributed by atoms with van der Waals surface area (Å²) < 4.78 is 6.48. The number of rotatable bonds is 6. The van der Waals surface area contributed by atoms with Crippen molar-refractivity contribution >= 4 is 11.9 Å². The third kappa shape index (κ3) is 3.88. The van der Waals surface area contributed by atoms with Crippen molar-refractivity contribution < 1.29 is 9.53 Å². The van der Waals surface area contributed by atoms with Crippen LogP contribution in [0, 0.1) is 5.92 Å². The molecule has 0 atom stereocenters. The topological polar surface area (TPSA) is 81.9 Å². The Hall–Kier alpha value is -3.22. The lowest BCUT2D eigenvalue weighted by Crippen LogP contribution is -2.21. The predicted molar refractivity (Wildman–Crippen MR) is 99.0 cm³/mol. The zero-order chi connectivity index (χ0) is 18.5. The monoisotopic (exact) mass is 351 g/mol. The van der Waals surface area contributed by atoms with Crippen molar-refractivity contribution in [2.24, 2.45) is 5.92 Å². The van der Waals surface area contributed by atoms with Gasteiger partial charge in [0.1, 0.15) is 11.4 Å². The van der Waals surface area contributed by atoms with E-state index in [4.69, 9.17) is 4.74 Å². The van der Waals surface area contributed by atoms with Gasteiger partial charge in [-0.1, -0.05) is 32.0 Å². The Balaban J connectivity index is 1.86. The van der Waals surface area contributed by atoms with Crippen LogP contribution in [0.25, 0.3) is 11.5 Å². The first-order chi connectivity index (χ1) is 12.6. The number of hydrogen-bond acceptors (Lipinski definition) is 6. The Kier molecular flexibility index (Phi) is 5.26. The fourth-order valence-electron chi connectivity index (χ4n) is 2.35. The maximum Gasteiger partial charge on any atom is 0.252 e. The Bertz CT molecular complexity index is 873. The van der Waals surface area contributed by atoms with Crippen molar-refractivity contribution in [3.05, 3.63) is 54.2 Å². The smallest absolute Gasteiger partial charge is 0.252 e. The predicted octanol–water partition coefficient (Wildman–Crippen LogP) is 3.26. The molecule has 0 aliphatic rings. The molecule has 26 heavy (non-hydrogen) atoms. The minimum atomic E-state index is -0.199. The Morgan fingerprint density at radius 3 is 2.58 bits per heavy atom. The standard InChI is InChI=1S/C19H21N5O2/c1-13(2)18(25)24-19(21-12-14-7-9-15(26-3)10-8-14)22-17(23-24)16-6-4-5-11-20-16/h4-11,13H,12H2,1-3H3,(H,21,22,23). The van der Waals surface area contributed by atoms with Crippen molar-refractivity contribution in [3.8, 4) is 17.3 Å². The van der Waals surface area contributed by atoms with E-state index in [2.05, 4.69) is 20.4 Å². The summed E-state index contributed by atoms with van der Waals surface area (Å²) in [5, 5.41) is 7.55. The molecule has 7 nitrogen and oxygen atoms in total. The summed E-state index contributed by atoms with van der Waals surface area (Å²) >= 11 is 0. The van der Waals surface area contributed by atoms with Gasteiger partial charge in [-0.15, -0.1) is 5.10 Å². The highest BCUT2D eigenvalue weighted by atomic mass is 16.5. The summed E-state index contributed by atoms with van der Waals surface area (Å²) in [6, 6.07) is 13.2. The van der Waals surface area contributed by atoms with Gasteiger partial charge in [-0.05, 0) is 29.8 Å². The first-order valence-electron chi connectivity index (χ1n) is 8.38. The van der Waals surface area contributed by atoms with Crippen LogP contribution in [0.3, 0.4) is 0 Å². The maximum atomic E-state index is 12.5. The number of anilines is 1. The highest BCUT2D eigenvalue weighted by molar-refractivity contribution is 5.82. The SMILES string of the molecule is COc1ccc(CNc2nc(-c3ccccn3)nn2C(=O)C(C)C)cc1. The summed E-state index contributed by atoms with van der Waals surface area (Å²) in [6.07, 6.45) is 1.67. The minimum absolute atomic E-state index is 0.128. The fourth-order valence-corrected chi connectivity index (χ4v) is 2.35. The molecule has 0 saturated carbocycles. The average Bonchev–Trinajstić information content (AvgIpc) is 3.11. The van der Waals surface area contributed by atoms with Crippen molar-refractivity contribution in [1.82, 2.24) is 19.7 Å². The maximum absolute atomic E-state index is 12.5. The molecule has 0 aliphatic heterocycles. The van der Waals surface area contributed by atoms with Gasteiger partial charge in [-0.3, -0.25) is 9.78 Å². The molecular weight excluding hydrogens is 330 g/mol. The van der Waals surface area contributed by atoms with Gasteiger partial charge in [0.25, 0.3) is 5.91 Å². The zero-order valence-corrected chi connectivity index (χ0v) is 15.0. The second-order valence-electron chi connectivity index (χ2n) is 6.08. The van der Waals surface area contributed by atoms with Crippen LogP contribution in [0.1, 0.15) is 24.2 Å². The quantitative estimate of drug-likeness (QED) is 0.734. The van der Waals surface area contributed by atoms with Gasteiger partial charge in [-0.2, -0.15) is 9.67 Å². The molecule has 0 bridgehead atoms. The van der Waals surface area contributed by atoms with Crippen LogP contribution in [0.5, 0.6) is 5.75 Å². The molecule has 3 aromatic rings. The van der Waals surface area contributed by atoms with E-state index in [0.29, 0.717) is 24.0 Å². The van der Waals surface area contributed by atoms with Gasteiger partial charge >= 0.3 is 0 Å². The molecule has 0 unspecified atom stereocenters. The van der Waals surface area contributed by atoms with Gasteiger partial charge in [0, 0.05) is 18.7 Å². The van der Waals surface area contributed by atoms with E-state index in [9.17, 15) is 4.79 Å². The summed E-state index contributed by atoms with van der Waals surface area (Å²) in [4.78, 5) is 21.2. The van der Waals surface area contributed by atoms with Gasteiger partial charge in [-0.25, -0.2) is 0 Å². The number of hydrogen-bond donors (Lipinski definition) is 1. The molecule has 1 N–H and O–H groups in total. The molecule has 7 heteroatoms. The molecule has 0 aliphatic carbocycles. The number of pyridine rings is 1. The van der Waals surface area contributed by atoms with E-state index in [1.807, 2.05) is 56.3 Å². The van der Waals surface area contributed by atoms with E-state index in [-0.39, 0.29) is 11.8 Å². The molecule has 3 rings (SSSR count). The molecule has 0 spiro atoms. The summed E-state index contributed by atoms with van der Waals surface area (Å²) in [5.74, 6) is 1.29. The molecule has 0 radical (unpaired) electrons. The second kappa shape index (κ2) is 7.77. The van der Waals surface area contributed by atoms with Gasteiger partial charge in [0.15, 0.2) is 0 Å². The summed E-state index contributed by atoms with van der Waals surface area (Å²) in [6.45, 7) is 4.17. The molecule has 0 saturated heterocycles. The second-order valence-corrected chi connectivity index (χ2v) is 6.08. The molecule has 1 aromatic carbocycles. The minimum Gasteiger partial charge on any atom is -0.497 e. The van der Waals surface area contributed by atoms with Crippen molar-refractivity contribution in [2.45, 2.75) is 20.4 Å². The lowest BCUT2D eigenvalue weighted by atomic mass is 10.2. The fraction of sp³-hybridized carbons (Fsp3) is 0.263. The van der Waals surface area contributed by atoms with E-state index in [0.717, 1.165) is 11.3 Å². The highest BCUT2D eigenvalue weighted by Crippen LogP contribution is 2.18. The molecule has 2 heterocycles. The largest absolute Gasteiger partial charge is 0.497 e. The Labute approximate surface area is 152 Å². The molecule has 0 fully saturated rings. The van der Waals surface area contributed by atoms with Crippen LogP contribution in [0.15, 0.2) is 48.7 Å². The number of aromatic nitrogens is 4. The normalized spacial score (nSPS) is 10.8. The van der Waals surface area contributed by atoms with Crippen LogP contribution in [0.4, 0.5) is 5.95 Å². The first-order valence-corrected chi connectivity index (χ1v) is 8.38.